The van der Waals surface area contributed by atoms with E-state index < -0.39 is 0 Å². The SMILES string of the molecule is Cc1cc(I)ccc1NC(=O)c1ccc2[nH]ccc2c1. The van der Waals surface area contributed by atoms with Crippen LogP contribution in [0.4, 0.5) is 5.69 Å². The minimum absolute atomic E-state index is 0.0857. The van der Waals surface area contributed by atoms with Crippen LogP contribution >= 0.6 is 22.6 Å². The van der Waals surface area contributed by atoms with Gasteiger partial charge in [0.25, 0.3) is 5.91 Å². The fourth-order valence-corrected chi connectivity index (χ4v) is 2.80. The molecule has 2 N–H and O–H groups in total. The Balaban J connectivity index is 1.88. The van der Waals surface area contributed by atoms with Crippen molar-refractivity contribution >= 4 is 45.1 Å². The third-order valence-electron chi connectivity index (χ3n) is 3.25. The van der Waals surface area contributed by atoms with Gasteiger partial charge in [-0.15, -0.1) is 0 Å². The number of amides is 1. The van der Waals surface area contributed by atoms with Gasteiger partial charge in [0.15, 0.2) is 0 Å². The van der Waals surface area contributed by atoms with E-state index in [1.807, 2.05) is 55.6 Å². The number of aromatic nitrogens is 1. The number of carbonyl (C=O) groups excluding carboxylic acids is 1. The van der Waals surface area contributed by atoms with Crippen molar-refractivity contribution in [3.8, 4) is 0 Å². The summed E-state index contributed by atoms with van der Waals surface area (Å²) in [7, 11) is 0. The van der Waals surface area contributed by atoms with Gasteiger partial charge in [-0.1, -0.05) is 0 Å². The zero-order chi connectivity index (χ0) is 14.1. The van der Waals surface area contributed by atoms with Gasteiger partial charge in [0, 0.05) is 31.9 Å². The van der Waals surface area contributed by atoms with Crippen LogP contribution in [-0.2, 0) is 0 Å². The second-order valence-corrected chi connectivity index (χ2v) is 5.94. The van der Waals surface area contributed by atoms with Crippen molar-refractivity contribution in [1.29, 1.82) is 0 Å². The number of hydrogen-bond donors (Lipinski definition) is 2. The second-order valence-electron chi connectivity index (χ2n) is 4.69. The van der Waals surface area contributed by atoms with Crippen LogP contribution in [0.3, 0.4) is 0 Å². The highest BCUT2D eigenvalue weighted by molar-refractivity contribution is 14.1. The monoisotopic (exact) mass is 376 g/mol. The van der Waals surface area contributed by atoms with Gasteiger partial charge in [-0.2, -0.15) is 0 Å². The summed E-state index contributed by atoms with van der Waals surface area (Å²) in [6.07, 6.45) is 1.87. The van der Waals surface area contributed by atoms with Crippen molar-refractivity contribution in [2.75, 3.05) is 5.32 Å². The van der Waals surface area contributed by atoms with Crippen molar-refractivity contribution in [2.45, 2.75) is 6.92 Å². The first-order chi connectivity index (χ1) is 9.63. The Morgan fingerprint density at radius 2 is 2.00 bits per heavy atom. The van der Waals surface area contributed by atoms with E-state index in [4.69, 9.17) is 0 Å². The number of halogens is 1. The normalized spacial score (nSPS) is 10.7. The topological polar surface area (TPSA) is 44.9 Å². The number of aromatic amines is 1. The van der Waals surface area contributed by atoms with Gasteiger partial charge >= 0.3 is 0 Å². The molecule has 20 heavy (non-hydrogen) atoms. The Morgan fingerprint density at radius 1 is 1.15 bits per heavy atom. The summed E-state index contributed by atoms with van der Waals surface area (Å²) in [6.45, 7) is 1.99. The molecule has 0 aliphatic rings. The molecule has 0 aliphatic carbocycles. The molecule has 3 rings (SSSR count). The minimum Gasteiger partial charge on any atom is -0.361 e. The van der Waals surface area contributed by atoms with Gasteiger partial charge in [-0.3, -0.25) is 4.79 Å². The molecule has 100 valence electrons. The maximum atomic E-state index is 12.3. The van der Waals surface area contributed by atoms with Gasteiger partial charge < -0.3 is 10.3 Å². The fraction of sp³-hybridized carbons (Fsp3) is 0.0625. The minimum atomic E-state index is -0.0857. The third-order valence-corrected chi connectivity index (χ3v) is 3.92. The van der Waals surface area contributed by atoms with E-state index in [0.717, 1.165) is 25.7 Å². The van der Waals surface area contributed by atoms with Gasteiger partial charge in [-0.25, -0.2) is 0 Å². The molecule has 1 aromatic heterocycles. The molecule has 1 amide bonds. The summed E-state index contributed by atoms with van der Waals surface area (Å²) in [5, 5.41) is 4.00. The second kappa shape index (κ2) is 5.28. The van der Waals surface area contributed by atoms with Gasteiger partial charge in [0.05, 0.1) is 0 Å². The van der Waals surface area contributed by atoms with Crippen LogP contribution < -0.4 is 5.32 Å². The van der Waals surface area contributed by atoms with Crippen LogP contribution in [0.15, 0.2) is 48.7 Å². The molecule has 0 saturated carbocycles. The lowest BCUT2D eigenvalue weighted by molar-refractivity contribution is 0.102. The van der Waals surface area contributed by atoms with Crippen molar-refractivity contribution in [1.82, 2.24) is 4.98 Å². The summed E-state index contributed by atoms with van der Waals surface area (Å²) in [5.74, 6) is -0.0857. The summed E-state index contributed by atoms with van der Waals surface area (Å²) in [5.41, 5.74) is 3.61. The molecule has 0 spiro atoms. The van der Waals surface area contributed by atoms with Crippen molar-refractivity contribution in [3.63, 3.8) is 0 Å². The summed E-state index contributed by atoms with van der Waals surface area (Å²) in [4.78, 5) is 15.4. The Morgan fingerprint density at radius 3 is 2.80 bits per heavy atom. The van der Waals surface area contributed by atoms with E-state index in [1.165, 1.54) is 0 Å². The lowest BCUT2D eigenvalue weighted by Crippen LogP contribution is -2.12. The highest BCUT2D eigenvalue weighted by atomic mass is 127. The fourth-order valence-electron chi connectivity index (χ4n) is 2.16. The first-order valence-corrected chi connectivity index (χ1v) is 7.36. The van der Waals surface area contributed by atoms with Crippen LogP contribution in [0, 0.1) is 10.5 Å². The molecule has 3 nitrogen and oxygen atoms in total. The van der Waals surface area contributed by atoms with Crippen LogP contribution in [0.25, 0.3) is 10.9 Å². The standard InChI is InChI=1S/C16H13IN2O/c1-10-8-13(17)3-5-14(10)19-16(20)12-2-4-15-11(9-12)6-7-18-15/h2-9,18H,1H3,(H,19,20). The first kappa shape index (κ1) is 13.2. The Hall–Kier alpha value is -1.82. The molecule has 0 radical (unpaired) electrons. The van der Waals surface area contributed by atoms with E-state index in [2.05, 4.69) is 32.9 Å². The number of anilines is 1. The molecule has 0 atom stereocenters. The zero-order valence-electron chi connectivity index (χ0n) is 10.9. The Bertz CT molecular complexity index is 792. The number of nitrogens with one attached hydrogen (secondary N) is 2. The molecule has 0 saturated heterocycles. The van der Waals surface area contributed by atoms with Crippen molar-refractivity contribution < 1.29 is 4.79 Å². The van der Waals surface area contributed by atoms with E-state index in [-0.39, 0.29) is 5.91 Å². The van der Waals surface area contributed by atoms with E-state index >= 15 is 0 Å². The van der Waals surface area contributed by atoms with Crippen molar-refractivity contribution in [2.24, 2.45) is 0 Å². The van der Waals surface area contributed by atoms with Crippen LogP contribution in [0.1, 0.15) is 15.9 Å². The molecular formula is C16H13IN2O. The Kier molecular flexibility index (Phi) is 3.48. The molecule has 4 heteroatoms. The summed E-state index contributed by atoms with van der Waals surface area (Å²) >= 11 is 2.26. The average molecular weight is 376 g/mol. The largest absolute Gasteiger partial charge is 0.361 e. The smallest absolute Gasteiger partial charge is 0.255 e. The van der Waals surface area contributed by atoms with E-state index in [9.17, 15) is 4.79 Å². The number of hydrogen-bond acceptors (Lipinski definition) is 1. The van der Waals surface area contributed by atoms with E-state index in [1.54, 1.807) is 0 Å². The molecule has 0 fully saturated rings. The maximum Gasteiger partial charge on any atom is 0.255 e. The van der Waals surface area contributed by atoms with Crippen LogP contribution in [0.5, 0.6) is 0 Å². The summed E-state index contributed by atoms with van der Waals surface area (Å²) in [6, 6.07) is 13.6. The quantitative estimate of drug-likeness (QED) is 0.643. The highest BCUT2D eigenvalue weighted by Crippen LogP contribution is 2.20. The van der Waals surface area contributed by atoms with Gasteiger partial charge in [0.1, 0.15) is 0 Å². The molecular weight excluding hydrogens is 363 g/mol. The lowest BCUT2D eigenvalue weighted by atomic mass is 10.1. The van der Waals surface area contributed by atoms with Gasteiger partial charge in [-0.05, 0) is 77.5 Å². The van der Waals surface area contributed by atoms with E-state index in [0.29, 0.717) is 5.56 Å². The number of rotatable bonds is 2. The Labute approximate surface area is 130 Å². The predicted octanol–water partition coefficient (Wildman–Crippen LogP) is 4.33. The molecule has 1 heterocycles. The molecule has 0 aliphatic heterocycles. The lowest BCUT2D eigenvalue weighted by Gasteiger charge is -2.09. The number of aryl methyl sites for hydroxylation is 1. The predicted molar refractivity (Wildman–Crippen MR) is 90.1 cm³/mol. The highest BCUT2D eigenvalue weighted by Gasteiger charge is 2.08. The van der Waals surface area contributed by atoms with Crippen LogP contribution in [-0.4, -0.2) is 10.9 Å². The molecule has 2 aromatic carbocycles. The zero-order valence-corrected chi connectivity index (χ0v) is 13.1. The molecule has 3 aromatic rings. The average Bonchev–Trinajstić information content (AvgIpc) is 2.89. The number of carbonyl (C=O) groups is 1. The number of fused-ring (bicyclic) bond motifs is 1. The molecule has 0 unspecified atom stereocenters. The number of benzene rings is 2. The number of H-pyrrole nitrogens is 1. The summed E-state index contributed by atoms with van der Waals surface area (Å²) < 4.78 is 1.16. The van der Waals surface area contributed by atoms with Gasteiger partial charge in [0.2, 0.25) is 0 Å². The maximum absolute atomic E-state index is 12.3. The third kappa shape index (κ3) is 2.56. The van der Waals surface area contributed by atoms with Crippen LogP contribution in [0.2, 0.25) is 0 Å². The first-order valence-electron chi connectivity index (χ1n) is 6.28. The molecule has 0 bridgehead atoms. The van der Waals surface area contributed by atoms with Crippen molar-refractivity contribution in [3.05, 3.63) is 63.4 Å².